The minimum Gasteiger partial charge on any atom is -0.370 e. The van der Waals surface area contributed by atoms with Crippen LogP contribution in [-0.2, 0) is 0 Å². The van der Waals surface area contributed by atoms with Gasteiger partial charge in [-0.25, -0.2) is 0 Å². The minimum atomic E-state index is -0.367. The van der Waals surface area contributed by atoms with Crippen molar-refractivity contribution in [2.24, 2.45) is 0 Å². The standard InChI is InChI=1S/C24H27N5O3/c1-16-14-22(27-32-16)24(31)26-18-6-4-17(5-7-18)23(30)25-19-8-10-20(11-9-19)29-13-12-21(15-29)28(2)3/h4-11,14,21H,12-13,15H2,1-3H3,(H,25,30)(H,26,31). The number of nitrogens with zero attached hydrogens (tertiary/aromatic N) is 3. The first kappa shape index (κ1) is 21.6. The molecule has 0 radical (unpaired) electrons. The third-order valence-electron chi connectivity index (χ3n) is 5.65. The molecule has 2 heterocycles. The van der Waals surface area contributed by atoms with E-state index in [4.69, 9.17) is 4.52 Å². The zero-order valence-electron chi connectivity index (χ0n) is 18.5. The van der Waals surface area contributed by atoms with Crippen LogP contribution in [-0.4, -0.2) is 55.1 Å². The molecule has 0 bridgehead atoms. The summed E-state index contributed by atoms with van der Waals surface area (Å²) >= 11 is 0. The molecule has 1 fully saturated rings. The van der Waals surface area contributed by atoms with Crippen LogP contribution in [0.25, 0.3) is 0 Å². The monoisotopic (exact) mass is 433 g/mol. The molecule has 1 aliphatic rings. The quantitative estimate of drug-likeness (QED) is 0.617. The van der Waals surface area contributed by atoms with Crippen LogP contribution in [0.15, 0.2) is 59.1 Å². The molecule has 3 aromatic rings. The average molecular weight is 434 g/mol. The Morgan fingerprint density at radius 2 is 1.62 bits per heavy atom. The van der Waals surface area contributed by atoms with Gasteiger partial charge < -0.3 is 25.0 Å². The minimum absolute atomic E-state index is 0.207. The summed E-state index contributed by atoms with van der Waals surface area (Å²) in [7, 11) is 4.23. The van der Waals surface area contributed by atoms with Crippen molar-refractivity contribution in [3.05, 3.63) is 71.6 Å². The van der Waals surface area contributed by atoms with Gasteiger partial charge >= 0.3 is 0 Å². The maximum absolute atomic E-state index is 12.6. The number of benzene rings is 2. The highest BCUT2D eigenvalue weighted by atomic mass is 16.5. The second-order valence-corrected chi connectivity index (χ2v) is 8.21. The number of nitrogens with one attached hydrogen (secondary N) is 2. The highest BCUT2D eigenvalue weighted by Crippen LogP contribution is 2.24. The van der Waals surface area contributed by atoms with Crippen molar-refractivity contribution < 1.29 is 14.1 Å². The molecule has 0 saturated carbocycles. The van der Waals surface area contributed by atoms with Crippen LogP contribution < -0.4 is 15.5 Å². The van der Waals surface area contributed by atoms with E-state index in [0.29, 0.717) is 23.1 Å². The Kier molecular flexibility index (Phi) is 6.23. The molecule has 2 aromatic carbocycles. The van der Waals surface area contributed by atoms with Crippen molar-refractivity contribution in [2.45, 2.75) is 19.4 Å². The lowest BCUT2D eigenvalue weighted by molar-refractivity contribution is 0.101. The van der Waals surface area contributed by atoms with Gasteiger partial charge in [0.25, 0.3) is 11.8 Å². The molecule has 32 heavy (non-hydrogen) atoms. The molecule has 1 aromatic heterocycles. The topological polar surface area (TPSA) is 90.7 Å². The van der Waals surface area contributed by atoms with Gasteiger partial charge in [0.1, 0.15) is 5.76 Å². The third kappa shape index (κ3) is 4.97. The van der Waals surface area contributed by atoms with Gasteiger partial charge in [0, 0.05) is 47.8 Å². The molecular weight excluding hydrogens is 406 g/mol. The lowest BCUT2D eigenvalue weighted by Gasteiger charge is -2.22. The van der Waals surface area contributed by atoms with Gasteiger partial charge in [-0.3, -0.25) is 9.59 Å². The third-order valence-corrected chi connectivity index (χ3v) is 5.65. The molecule has 1 saturated heterocycles. The number of anilines is 3. The molecule has 0 aliphatic carbocycles. The van der Waals surface area contributed by atoms with Gasteiger partial charge in [0.2, 0.25) is 0 Å². The number of aryl methyl sites for hydroxylation is 1. The molecule has 1 aliphatic heterocycles. The highest BCUT2D eigenvalue weighted by molar-refractivity contribution is 6.05. The van der Waals surface area contributed by atoms with E-state index in [9.17, 15) is 9.59 Å². The molecule has 0 spiro atoms. The first-order valence-electron chi connectivity index (χ1n) is 10.6. The summed E-state index contributed by atoms with van der Waals surface area (Å²) in [6.45, 7) is 3.77. The van der Waals surface area contributed by atoms with E-state index >= 15 is 0 Å². The maximum Gasteiger partial charge on any atom is 0.277 e. The van der Waals surface area contributed by atoms with Crippen LogP contribution in [0, 0.1) is 6.92 Å². The van der Waals surface area contributed by atoms with E-state index in [0.717, 1.165) is 30.9 Å². The molecule has 166 valence electrons. The van der Waals surface area contributed by atoms with Gasteiger partial charge in [-0.05, 0) is 76.0 Å². The average Bonchev–Trinajstić information content (AvgIpc) is 3.44. The number of hydrogen-bond donors (Lipinski definition) is 2. The number of likely N-dealkylation sites (N-methyl/N-ethyl adjacent to an activating group) is 1. The fourth-order valence-corrected chi connectivity index (χ4v) is 3.73. The van der Waals surface area contributed by atoms with E-state index in [2.05, 4.69) is 39.7 Å². The van der Waals surface area contributed by atoms with Crippen LogP contribution in [0.1, 0.15) is 33.0 Å². The summed E-state index contributed by atoms with van der Waals surface area (Å²) in [6, 6.07) is 16.7. The van der Waals surface area contributed by atoms with Gasteiger partial charge in [-0.15, -0.1) is 0 Å². The summed E-state index contributed by atoms with van der Waals surface area (Å²) in [5, 5.41) is 9.34. The zero-order chi connectivity index (χ0) is 22.7. The van der Waals surface area contributed by atoms with E-state index in [1.807, 2.05) is 24.3 Å². The molecule has 1 unspecified atom stereocenters. The van der Waals surface area contributed by atoms with Crippen LogP contribution in [0.4, 0.5) is 17.1 Å². The summed E-state index contributed by atoms with van der Waals surface area (Å²) in [6.07, 6.45) is 1.15. The van der Waals surface area contributed by atoms with Crippen molar-refractivity contribution in [2.75, 3.05) is 42.7 Å². The van der Waals surface area contributed by atoms with Gasteiger partial charge in [0.15, 0.2) is 5.69 Å². The Hall–Kier alpha value is -3.65. The fraction of sp³-hybridized carbons (Fsp3) is 0.292. The number of aromatic nitrogens is 1. The molecular formula is C24H27N5O3. The van der Waals surface area contributed by atoms with Crippen LogP contribution in [0.5, 0.6) is 0 Å². The van der Waals surface area contributed by atoms with Crippen LogP contribution >= 0.6 is 0 Å². The smallest absolute Gasteiger partial charge is 0.277 e. The Balaban J connectivity index is 1.33. The second-order valence-electron chi connectivity index (χ2n) is 8.21. The Labute approximate surface area is 187 Å². The van der Waals surface area contributed by atoms with Crippen molar-refractivity contribution in [1.29, 1.82) is 0 Å². The maximum atomic E-state index is 12.6. The summed E-state index contributed by atoms with van der Waals surface area (Å²) < 4.78 is 4.91. The number of hydrogen-bond acceptors (Lipinski definition) is 6. The molecule has 4 rings (SSSR count). The Morgan fingerprint density at radius 1 is 1.00 bits per heavy atom. The lowest BCUT2D eigenvalue weighted by atomic mass is 10.2. The van der Waals surface area contributed by atoms with E-state index < -0.39 is 0 Å². The number of carbonyl (C=O) groups is 2. The lowest BCUT2D eigenvalue weighted by Crippen LogP contribution is -2.31. The summed E-state index contributed by atoms with van der Waals surface area (Å²) in [5.41, 5.74) is 3.17. The highest BCUT2D eigenvalue weighted by Gasteiger charge is 2.24. The first-order valence-corrected chi connectivity index (χ1v) is 10.6. The molecule has 2 amide bonds. The van der Waals surface area contributed by atoms with E-state index in [-0.39, 0.29) is 17.5 Å². The van der Waals surface area contributed by atoms with E-state index in [1.165, 1.54) is 0 Å². The number of rotatable bonds is 6. The van der Waals surface area contributed by atoms with E-state index in [1.54, 1.807) is 37.3 Å². The molecule has 1 atom stereocenters. The van der Waals surface area contributed by atoms with Crippen molar-refractivity contribution in [1.82, 2.24) is 10.1 Å². The Morgan fingerprint density at radius 3 is 2.19 bits per heavy atom. The molecule has 8 heteroatoms. The van der Waals surface area contributed by atoms with Crippen LogP contribution in [0.2, 0.25) is 0 Å². The molecule has 2 N–H and O–H groups in total. The first-order chi connectivity index (χ1) is 15.4. The second kappa shape index (κ2) is 9.23. The summed E-state index contributed by atoms with van der Waals surface area (Å²) in [4.78, 5) is 29.4. The number of carbonyl (C=O) groups excluding carboxylic acids is 2. The van der Waals surface area contributed by atoms with Crippen molar-refractivity contribution in [3.8, 4) is 0 Å². The number of amides is 2. The fourth-order valence-electron chi connectivity index (χ4n) is 3.73. The molecule has 8 nitrogen and oxygen atoms in total. The predicted molar refractivity (Wildman–Crippen MR) is 124 cm³/mol. The van der Waals surface area contributed by atoms with Crippen molar-refractivity contribution >= 4 is 28.9 Å². The van der Waals surface area contributed by atoms with Gasteiger partial charge in [0.05, 0.1) is 0 Å². The van der Waals surface area contributed by atoms with Crippen LogP contribution in [0.3, 0.4) is 0 Å². The zero-order valence-corrected chi connectivity index (χ0v) is 18.5. The summed E-state index contributed by atoms with van der Waals surface area (Å²) in [5.74, 6) is -0.0148. The normalized spacial score (nSPS) is 15.8. The largest absolute Gasteiger partial charge is 0.370 e. The predicted octanol–water partition coefficient (Wildman–Crippen LogP) is 3.63. The van der Waals surface area contributed by atoms with Gasteiger partial charge in [-0.2, -0.15) is 0 Å². The van der Waals surface area contributed by atoms with Gasteiger partial charge in [-0.1, -0.05) is 5.16 Å². The van der Waals surface area contributed by atoms with Crippen molar-refractivity contribution in [3.63, 3.8) is 0 Å². The SMILES string of the molecule is Cc1cc(C(=O)Nc2ccc(C(=O)Nc3ccc(N4CCC(N(C)C)C4)cc3)cc2)no1. The Bertz CT molecular complexity index is 1090.